The summed E-state index contributed by atoms with van der Waals surface area (Å²) in [5.74, 6) is 0.0124. The highest BCUT2D eigenvalue weighted by molar-refractivity contribution is 6.05. The molecular weight excluding hydrogens is 391 g/mol. The standard InChI is InChI=1S/C25H15FN4O/c1-15-11-19(6-7-21(15)26)30-24(31)10-5-18-14-28-22-8-3-16(12-20(22)25(18)30)17-4-9-23(27-2)29-13-17/h3-14H,1H3. The van der Waals surface area contributed by atoms with Gasteiger partial charge in [0.1, 0.15) is 12.0 Å². The Morgan fingerprint density at radius 2 is 1.77 bits per heavy atom. The number of aryl methyl sites for hydroxylation is 1. The van der Waals surface area contributed by atoms with E-state index in [-0.39, 0.29) is 11.4 Å². The number of nitrogens with zero attached hydrogens (tertiary/aromatic N) is 4. The fraction of sp³-hybridized carbons (Fsp3) is 0.0400. The molecular formula is C25H15FN4O. The Balaban J connectivity index is 1.84. The van der Waals surface area contributed by atoms with E-state index in [9.17, 15) is 9.18 Å². The summed E-state index contributed by atoms with van der Waals surface area (Å²) in [6.07, 6.45) is 3.39. The zero-order valence-electron chi connectivity index (χ0n) is 16.5. The highest BCUT2D eigenvalue weighted by atomic mass is 19.1. The molecule has 0 saturated carbocycles. The van der Waals surface area contributed by atoms with Crippen molar-refractivity contribution in [2.75, 3.05) is 0 Å². The summed E-state index contributed by atoms with van der Waals surface area (Å²) < 4.78 is 15.4. The molecule has 0 fully saturated rings. The lowest BCUT2D eigenvalue weighted by atomic mass is 10.0. The van der Waals surface area contributed by atoms with Crippen LogP contribution in [0.15, 0.2) is 77.9 Å². The van der Waals surface area contributed by atoms with Crippen molar-refractivity contribution in [2.24, 2.45) is 0 Å². The van der Waals surface area contributed by atoms with E-state index in [1.165, 1.54) is 12.1 Å². The van der Waals surface area contributed by atoms with Crippen LogP contribution in [0.25, 0.3) is 43.5 Å². The number of halogens is 1. The first-order chi connectivity index (χ1) is 15.0. The van der Waals surface area contributed by atoms with E-state index >= 15 is 0 Å². The first-order valence-corrected chi connectivity index (χ1v) is 9.60. The number of pyridine rings is 3. The van der Waals surface area contributed by atoms with E-state index in [4.69, 9.17) is 6.57 Å². The maximum atomic E-state index is 13.9. The Labute approximate surface area is 176 Å². The van der Waals surface area contributed by atoms with Crippen molar-refractivity contribution < 1.29 is 4.39 Å². The SMILES string of the molecule is [C-]#[N+]c1ccc(-c2ccc3ncc4ccc(=O)n(-c5ccc(F)c(C)c5)c4c3c2)cn1. The third-order valence-corrected chi connectivity index (χ3v) is 5.31. The Bertz CT molecular complexity index is 1580. The second kappa shape index (κ2) is 7.15. The van der Waals surface area contributed by atoms with Crippen molar-refractivity contribution in [3.05, 3.63) is 106 Å². The maximum absolute atomic E-state index is 13.9. The summed E-state index contributed by atoms with van der Waals surface area (Å²) >= 11 is 0. The number of fused-ring (bicyclic) bond motifs is 3. The molecule has 0 atom stereocenters. The molecule has 3 aromatic heterocycles. The van der Waals surface area contributed by atoms with E-state index in [1.807, 2.05) is 24.3 Å². The molecule has 31 heavy (non-hydrogen) atoms. The minimum atomic E-state index is -0.318. The number of benzene rings is 2. The van der Waals surface area contributed by atoms with Gasteiger partial charge in [-0.05, 0) is 60.5 Å². The largest absolute Gasteiger partial charge is 0.361 e. The maximum Gasteiger partial charge on any atom is 0.269 e. The molecule has 0 unspecified atom stereocenters. The van der Waals surface area contributed by atoms with Crippen LogP contribution in [-0.4, -0.2) is 14.5 Å². The van der Waals surface area contributed by atoms with Crippen molar-refractivity contribution in [1.29, 1.82) is 0 Å². The molecule has 0 saturated heterocycles. The van der Waals surface area contributed by atoms with Gasteiger partial charge in [0.05, 0.1) is 11.0 Å². The Hall–Kier alpha value is -4.37. The summed E-state index contributed by atoms with van der Waals surface area (Å²) in [6, 6.07) is 17.2. The normalized spacial score (nSPS) is 11.0. The highest BCUT2D eigenvalue weighted by Crippen LogP contribution is 2.30. The van der Waals surface area contributed by atoms with Crippen LogP contribution in [-0.2, 0) is 0 Å². The summed E-state index contributed by atoms with van der Waals surface area (Å²) in [7, 11) is 0. The van der Waals surface area contributed by atoms with Crippen molar-refractivity contribution in [1.82, 2.24) is 14.5 Å². The first-order valence-electron chi connectivity index (χ1n) is 9.60. The lowest BCUT2D eigenvalue weighted by Crippen LogP contribution is -2.18. The average molecular weight is 406 g/mol. The summed E-state index contributed by atoms with van der Waals surface area (Å²) in [5.41, 5.74) is 4.04. The summed E-state index contributed by atoms with van der Waals surface area (Å²) in [5, 5.41) is 1.59. The average Bonchev–Trinajstić information content (AvgIpc) is 2.80. The molecule has 0 aliphatic carbocycles. The van der Waals surface area contributed by atoms with Crippen LogP contribution in [0.5, 0.6) is 0 Å². The van der Waals surface area contributed by atoms with Crippen molar-refractivity contribution >= 4 is 27.6 Å². The zero-order valence-corrected chi connectivity index (χ0v) is 16.5. The van der Waals surface area contributed by atoms with Gasteiger partial charge in [0.2, 0.25) is 0 Å². The van der Waals surface area contributed by atoms with Crippen LogP contribution in [0.3, 0.4) is 0 Å². The highest BCUT2D eigenvalue weighted by Gasteiger charge is 2.13. The summed E-state index contributed by atoms with van der Waals surface area (Å²) in [4.78, 5) is 24.9. The van der Waals surface area contributed by atoms with Crippen LogP contribution in [0, 0.1) is 19.3 Å². The topological polar surface area (TPSA) is 52.1 Å². The molecule has 5 nitrogen and oxygen atoms in total. The minimum Gasteiger partial charge on any atom is -0.361 e. The third-order valence-electron chi connectivity index (χ3n) is 5.31. The third kappa shape index (κ3) is 3.13. The van der Waals surface area contributed by atoms with E-state index in [0.717, 1.165) is 27.4 Å². The molecule has 5 aromatic rings. The van der Waals surface area contributed by atoms with Gasteiger partial charge in [0, 0.05) is 34.3 Å². The van der Waals surface area contributed by atoms with Gasteiger partial charge in [-0.25, -0.2) is 4.39 Å². The molecule has 0 bridgehead atoms. The Morgan fingerprint density at radius 3 is 2.52 bits per heavy atom. The lowest BCUT2D eigenvalue weighted by molar-refractivity contribution is 0.618. The molecule has 0 aliphatic rings. The van der Waals surface area contributed by atoms with E-state index in [1.54, 1.807) is 48.1 Å². The van der Waals surface area contributed by atoms with Crippen LogP contribution < -0.4 is 5.56 Å². The van der Waals surface area contributed by atoms with Gasteiger partial charge in [-0.2, -0.15) is 0 Å². The number of rotatable bonds is 2. The molecule has 0 N–H and O–H groups in total. The van der Waals surface area contributed by atoms with Gasteiger partial charge in [-0.1, -0.05) is 18.7 Å². The first kappa shape index (κ1) is 18.6. The molecule has 148 valence electrons. The Morgan fingerprint density at radius 1 is 0.935 bits per heavy atom. The van der Waals surface area contributed by atoms with Crippen LogP contribution in [0.4, 0.5) is 10.2 Å². The van der Waals surface area contributed by atoms with E-state index in [0.29, 0.717) is 22.6 Å². The van der Waals surface area contributed by atoms with Gasteiger partial charge in [-0.3, -0.25) is 14.3 Å². The fourth-order valence-electron chi connectivity index (χ4n) is 3.74. The summed E-state index contributed by atoms with van der Waals surface area (Å²) in [6.45, 7) is 8.74. The molecule has 0 spiro atoms. The van der Waals surface area contributed by atoms with Gasteiger partial charge in [0.15, 0.2) is 0 Å². The van der Waals surface area contributed by atoms with Crippen molar-refractivity contribution in [3.63, 3.8) is 0 Å². The van der Waals surface area contributed by atoms with Crippen LogP contribution >= 0.6 is 0 Å². The van der Waals surface area contributed by atoms with Gasteiger partial charge in [-0.15, -0.1) is 4.98 Å². The predicted octanol–water partition coefficient (Wildman–Crippen LogP) is 5.60. The zero-order chi connectivity index (χ0) is 21.5. The molecule has 6 heteroatoms. The van der Waals surface area contributed by atoms with Crippen LogP contribution in [0.2, 0.25) is 0 Å². The molecule has 0 aliphatic heterocycles. The predicted molar refractivity (Wildman–Crippen MR) is 119 cm³/mol. The lowest BCUT2D eigenvalue weighted by Gasteiger charge is -2.14. The molecule has 5 rings (SSSR count). The van der Waals surface area contributed by atoms with E-state index < -0.39 is 0 Å². The number of aromatic nitrogens is 3. The monoisotopic (exact) mass is 406 g/mol. The molecule has 3 heterocycles. The minimum absolute atomic E-state index is 0.209. The Kier molecular flexibility index (Phi) is 4.30. The molecule has 2 aromatic carbocycles. The molecule has 0 radical (unpaired) electrons. The van der Waals surface area contributed by atoms with Crippen molar-refractivity contribution in [3.8, 4) is 16.8 Å². The second-order valence-electron chi connectivity index (χ2n) is 7.25. The second-order valence-corrected chi connectivity index (χ2v) is 7.25. The number of hydrogen-bond donors (Lipinski definition) is 0. The quantitative estimate of drug-likeness (QED) is 0.283. The van der Waals surface area contributed by atoms with Gasteiger partial charge in [0.25, 0.3) is 11.4 Å². The van der Waals surface area contributed by atoms with Crippen molar-refractivity contribution in [2.45, 2.75) is 6.92 Å². The van der Waals surface area contributed by atoms with Crippen LogP contribution in [0.1, 0.15) is 5.56 Å². The van der Waals surface area contributed by atoms with Gasteiger partial charge < -0.3 is 4.85 Å². The fourth-order valence-corrected chi connectivity index (χ4v) is 3.74. The smallest absolute Gasteiger partial charge is 0.269 e. The van der Waals surface area contributed by atoms with Gasteiger partial charge >= 0.3 is 0 Å². The van der Waals surface area contributed by atoms with E-state index in [2.05, 4.69) is 14.8 Å². The molecule has 0 amide bonds. The number of hydrogen-bond acceptors (Lipinski definition) is 3.